The number of aromatic nitrogens is 7. The van der Waals surface area contributed by atoms with Crippen molar-refractivity contribution in [3.8, 4) is 22.6 Å². The van der Waals surface area contributed by atoms with Gasteiger partial charge < -0.3 is 4.98 Å². The van der Waals surface area contributed by atoms with Crippen LogP contribution >= 0.6 is 0 Å². The lowest BCUT2D eigenvalue weighted by Crippen LogP contribution is -2.18. The molecule has 148 valence electrons. The minimum atomic E-state index is 0.676. The Morgan fingerprint density at radius 2 is 1.87 bits per heavy atom. The van der Waals surface area contributed by atoms with Gasteiger partial charge in [-0.2, -0.15) is 5.10 Å². The Bertz CT molecular complexity index is 1310. The first-order valence-corrected chi connectivity index (χ1v) is 10.2. The molecule has 1 fully saturated rings. The van der Waals surface area contributed by atoms with Crippen molar-refractivity contribution in [3.05, 3.63) is 54.6 Å². The van der Waals surface area contributed by atoms with E-state index in [1.807, 2.05) is 30.7 Å². The number of nitrogens with zero attached hydrogens (tertiary/aromatic N) is 6. The highest BCUT2D eigenvalue weighted by molar-refractivity contribution is 5.93. The highest BCUT2D eigenvalue weighted by Gasteiger charge is 2.16. The lowest BCUT2D eigenvalue weighted by molar-refractivity contribution is 0.331. The van der Waals surface area contributed by atoms with E-state index in [1.54, 1.807) is 6.20 Å². The first-order chi connectivity index (χ1) is 14.8. The maximum Gasteiger partial charge on any atom is 0.161 e. The van der Waals surface area contributed by atoms with E-state index in [0.717, 1.165) is 45.6 Å². The van der Waals surface area contributed by atoms with E-state index in [9.17, 15) is 0 Å². The average Bonchev–Trinajstić information content (AvgIpc) is 3.52. The lowest BCUT2D eigenvalue weighted by atomic mass is 10.1. The molecule has 8 heteroatoms. The Hall–Kier alpha value is -3.65. The second kappa shape index (κ2) is 7.00. The minimum absolute atomic E-state index is 0.676. The number of H-pyrrole nitrogens is 2. The summed E-state index contributed by atoms with van der Waals surface area (Å²) < 4.78 is 0. The molecule has 0 radical (unpaired) electrons. The van der Waals surface area contributed by atoms with Crippen molar-refractivity contribution < 1.29 is 0 Å². The molecule has 1 aliphatic rings. The highest BCUT2D eigenvalue weighted by atomic mass is 15.2. The zero-order chi connectivity index (χ0) is 19.9. The normalized spacial score (nSPS) is 14.8. The molecule has 5 aromatic heterocycles. The standard InChI is InChI=1S/C22H20N8/c1-2-7-30(6-1)13-14-8-15(11-23-10-14)16-9-17-19(28-29-20(17)25-12-16)22-26-18-4-3-5-24-21(18)27-22/h3-5,8-12H,1-2,6-7,13H2,(H,24,26,27)(H,25,28,29). The maximum absolute atomic E-state index is 4.63. The van der Waals surface area contributed by atoms with Gasteiger partial charge in [0.05, 0.1) is 5.39 Å². The van der Waals surface area contributed by atoms with Crippen molar-refractivity contribution in [2.45, 2.75) is 19.4 Å². The van der Waals surface area contributed by atoms with Crippen LogP contribution in [0.4, 0.5) is 0 Å². The Kier molecular flexibility index (Phi) is 4.02. The van der Waals surface area contributed by atoms with E-state index in [4.69, 9.17) is 0 Å². The summed E-state index contributed by atoms with van der Waals surface area (Å²) in [7, 11) is 0. The second-order valence-corrected chi connectivity index (χ2v) is 7.71. The molecule has 0 saturated carbocycles. The number of aromatic amines is 2. The number of hydrogen-bond acceptors (Lipinski definition) is 6. The van der Waals surface area contributed by atoms with Crippen molar-refractivity contribution in [3.63, 3.8) is 0 Å². The fourth-order valence-corrected chi connectivity index (χ4v) is 4.13. The Morgan fingerprint density at radius 1 is 0.967 bits per heavy atom. The fourth-order valence-electron chi connectivity index (χ4n) is 4.13. The number of pyridine rings is 3. The van der Waals surface area contributed by atoms with Gasteiger partial charge in [-0.15, -0.1) is 0 Å². The molecule has 0 bridgehead atoms. The van der Waals surface area contributed by atoms with Gasteiger partial charge in [0.1, 0.15) is 11.2 Å². The molecule has 0 aromatic carbocycles. The number of rotatable bonds is 4. The van der Waals surface area contributed by atoms with Crippen LogP contribution < -0.4 is 0 Å². The molecule has 0 amide bonds. The third kappa shape index (κ3) is 3.02. The van der Waals surface area contributed by atoms with Crippen molar-refractivity contribution in [1.82, 2.24) is 40.0 Å². The molecule has 1 aliphatic heterocycles. The molecule has 2 N–H and O–H groups in total. The van der Waals surface area contributed by atoms with Crippen LogP contribution in [-0.4, -0.2) is 53.1 Å². The summed E-state index contributed by atoms with van der Waals surface area (Å²) in [6, 6.07) is 8.10. The maximum atomic E-state index is 4.63. The molecule has 1 saturated heterocycles. The van der Waals surface area contributed by atoms with Crippen molar-refractivity contribution in [2.75, 3.05) is 13.1 Å². The zero-order valence-electron chi connectivity index (χ0n) is 16.3. The van der Waals surface area contributed by atoms with Gasteiger partial charge in [0.15, 0.2) is 17.1 Å². The minimum Gasteiger partial charge on any atom is -0.321 e. The van der Waals surface area contributed by atoms with E-state index >= 15 is 0 Å². The Morgan fingerprint density at radius 3 is 2.77 bits per heavy atom. The molecule has 6 heterocycles. The molecule has 8 nitrogen and oxygen atoms in total. The van der Waals surface area contributed by atoms with Crippen molar-refractivity contribution in [2.24, 2.45) is 0 Å². The molecule has 0 atom stereocenters. The monoisotopic (exact) mass is 396 g/mol. The van der Waals surface area contributed by atoms with Gasteiger partial charge in [-0.05, 0) is 55.8 Å². The Balaban J connectivity index is 1.39. The van der Waals surface area contributed by atoms with E-state index < -0.39 is 0 Å². The predicted molar refractivity (Wildman–Crippen MR) is 115 cm³/mol. The lowest BCUT2D eigenvalue weighted by Gasteiger charge is -2.14. The fraction of sp³-hybridized carbons (Fsp3) is 0.227. The first-order valence-electron chi connectivity index (χ1n) is 10.2. The van der Waals surface area contributed by atoms with Gasteiger partial charge in [0.25, 0.3) is 0 Å². The molecular formula is C22H20N8. The van der Waals surface area contributed by atoms with Crippen LogP contribution in [-0.2, 0) is 6.54 Å². The SMILES string of the molecule is c1cnc2[nH]c(-c3n[nH]c4ncc(-c5cncc(CN6CCCC6)c5)cc34)nc2c1. The van der Waals surface area contributed by atoms with Crippen LogP contribution in [0.3, 0.4) is 0 Å². The quantitative estimate of drug-likeness (QED) is 0.482. The molecule has 0 spiro atoms. The topological polar surface area (TPSA) is 99.3 Å². The second-order valence-electron chi connectivity index (χ2n) is 7.71. The molecule has 0 aliphatic carbocycles. The van der Waals surface area contributed by atoms with Crippen molar-refractivity contribution >= 4 is 22.2 Å². The van der Waals surface area contributed by atoms with Gasteiger partial charge in [-0.25, -0.2) is 15.0 Å². The van der Waals surface area contributed by atoms with Crippen LogP contribution in [0.1, 0.15) is 18.4 Å². The van der Waals surface area contributed by atoms with Gasteiger partial charge in [-0.3, -0.25) is 15.0 Å². The predicted octanol–water partition coefficient (Wildman–Crippen LogP) is 3.55. The summed E-state index contributed by atoms with van der Waals surface area (Å²) in [6.07, 6.45) is 10.0. The zero-order valence-corrected chi connectivity index (χ0v) is 16.3. The third-order valence-electron chi connectivity index (χ3n) is 5.63. The number of imidazole rings is 1. The number of hydrogen-bond donors (Lipinski definition) is 2. The smallest absolute Gasteiger partial charge is 0.161 e. The van der Waals surface area contributed by atoms with E-state index in [2.05, 4.69) is 52.1 Å². The number of nitrogens with one attached hydrogen (secondary N) is 2. The van der Waals surface area contributed by atoms with Crippen LogP contribution in [0.15, 0.2) is 49.1 Å². The van der Waals surface area contributed by atoms with Crippen molar-refractivity contribution in [1.29, 1.82) is 0 Å². The van der Waals surface area contributed by atoms with Crippen LogP contribution in [0, 0.1) is 0 Å². The summed E-state index contributed by atoms with van der Waals surface area (Å²) in [4.78, 5) is 23.7. The average molecular weight is 396 g/mol. The number of fused-ring (bicyclic) bond motifs is 2. The summed E-state index contributed by atoms with van der Waals surface area (Å²) in [6.45, 7) is 3.28. The summed E-state index contributed by atoms with van der Waals surface area (Å²) >= 11 is 0. The van der Waals surface area contributed by atoms with Gasteiger partial charge in [-0.1, -0.05) is 0 Å². The third-order valence-corrected chi connectivity index (χ3v) is 5.63. The molecular weight excluding hydrogens is 376 g/mol. The van der Waals surface area contributed by atoms with E-state index in [1.165, 1.54) is 31.5 Å². The van der Waals surface area contributed by atoms with Gasteiger partial charge in [0, 0.05) is 42.5 Å². The highest BCUT2D eigenvalue weighted by Crippen LogP contribution is 2.29. The molecule has 6 rings (SSSR count). The van der Waals surface area contributed by atoms with Crippen LogP contribution in [0.5, 0.6) is 0 Å². The van der Waals surface area contributed by atoms with Crippen LogP contribution in [0.2, 0.25) is 0 Å². The summed E-state index contributed by atoms with van der Waals surface area (Å²) in [5.41, 5.74) is 6.31. The number of likely N-dealkylation sites (tertiary alicyclic amines) is 1. The van der Waals surface area contributed by atoms with Gasteiger partial charge in [0.2, 0.25) is 0 Å². The Labute approximate surface area is 172 Å². The van der Waals surface area contributed by atoms with E-state index in [0.29, 0.717) is 5.82 Å². The molecule has 0 unspecified atom stereocenters. The summed E-state index contributed by atoms with van der Waals surface area (Å²) in [5.74, 6) is 0.676. The summed E-state index contributed by atoms with van der Waals surface area (Å²) in [5, 5.41) is 8.37. The van der Waals surface area contributed by atoms with Gasteiger partial charge >= 0.3 is 0 Å². The molecule has 30 heavy (non-hydrogen) atoms. The van der Waals surface area contributed by atoms with Crippen LogP contribution in [0.25, 0.3) is 44.8 Å². The molecule has 5 aromatic rings. The largest absolute Gasteiger partial charge is 0.321 e. The van der Waals surface area contributed by atoms with E-state index in [-0.39, 0.29) is 0 Å². The first kappa shape index (κ1) is 17.2.